The molecule has 0 spiro atoms. The average Bonchev–Trinajstić information content (AvgIpc) is 3.28. The van der Waals surface area contributed by atoms with Crippen LogP contribution in [0.4, 0.5) is 5.69 Å². The van der Waals surface area contributed by atoms with Gasteiger partial charge in [0.2, 0.25) is 10.0 Å². The summed E-state index contributed by atoms with van der Waals surface area (Å²) in [5.41, 5.74) is 2.66. The molecule has 1 aliphatic rings. The lowest BCUT2D eigenvalue weighted by atomic mass is 10.1. The van der Waals surface area contributed by atoms with Crippen molar-refractivity contribution in [3.05, 3.63) is 57.1 Å². The number of hydrogen-bond donors (Lipinski definition) is 2. The van der Waals surface area contributed by atoms with Crippen LogP contribution in [0.5, 0.6) is 0 Å². The second kappa shape index (κ2) is 7.19. The maximum absolute atomic E-state index is 12.6. The first kappa shape index (κ1) is 19.2. The van der Waals surface area contributed by atoms with Gasteiger partial charge in [-0.2, -0.15) is 0 Å². The highest BCUT2D eigenvalue weighted by Gasteiger charge is 2.30. The number of carbonyl (C=O) groups excluding carboxylic acids is 1. The monoisotopic (exact) mass is 412 g/mol. The van der Waals surface area contributed by atoms with Crippen molar-refractivity contribution in [3.8, 4) is 0 Å². The van der Waals surface area contributed by atoms with E-state index in [9.17, 15) is 13.2 Å². The fraction of sp³-hybridized carbons (Fsp3) is 0.278. The third-order valence-electron chi connectivity index (χ3n) is 3.93. The number of benzene rings is 2. The van der Waals surface area contributed by atoms with E-state index in [4.69, 9.17) is 23.2 Å². The molecule has 0 saturated heterocycles. The summed E-state index contributed by atoms with van der Waals surface area (Å²) in [6.07, 6.45) is 1.59. The molecule has 2 N–H and O–H groups in total. The first-order valence-corrected chi connectivity index (χ1v) is 10.3. The van der Waals surface area contributed by atoms with Crippen LogP contribution < -0.4 is 10.0 Å². The van der Waals surface area contributed by atoms with Crippen molar-refractivity contribution in [1.82, 2.24) is 4.72 Å². The van der Waals surface area contributed by atoms with Crippen LogP contribution in [-0.4, -0.2) is 20.4 Å². The standard InChI is InChI=1S/C18H18Cl2N2O3S/c1-10-5-11(2)7-13(6-10)21-18(23)14-8-17(16(20)9-15(14)19)26(24,25)22-12-3-4-12/h5-9,12,22H,3-4H2,1-2H3,(H,21,23). The average molecular weight is 413 g/mol. The van der Waals surface area contributed by atoms with E-state index < -0.39 is 15.9 Å². The number of nitrogens with one attached hydrogen (secondary N) is 2. The van der Waals surface area contributed by atoms with E-state index in [2.05, 4.69) is 10.0 Å². The highest BCUT2D eigenvalue weighted by Crippen LogP contribution is 2.31. The van der Waals surface area contributed by atoms with Gasteiger partial charge in [-0.15, -0.1) is 0 Å². The summed E-state index contributed by atoms with van der Waals surface area (Å²) >= 11 is 12.2. The van der Waals surface area contributed by atoms with Crippen molar-refractivity contribution in [2.75, 3.05) is 5.32 Å². The van der Waals surface area contributed by atoms with Crippen molar-refractivity contribution in [2.24, 2.45) is 0 Å². The summed E-state index contributed by atoms with van der Waals surface area (Å²) in [7, 11) is -3.81. The van der Waals surface area contributed by atoms with Crippen molar-refractivity contribution in [1.29, 1.82) is 0 Å². The number of rotatable bonds is 5. The highest BCUT2D eigenvalue weighted by molar-refractivity contribution is 7.89. The molecule has 0 unspecified atom stereocenters. The van der Waals surface area contributed by atoms with Gasteiger partial charge in [-0.25, -0.2) is 13.1 Å². The zero-order chi connectivity index (χ0) is 19.1. The Kier molecular flexibility index (Phi) is 5.30. The Morgan fingerprint density at radius 3 is 2.19 bits per heavy atom. The molecule has 0 atom stereocenters. The zero-order valence-corrected chi connectivity index (χ0v) is 16.6. The molecule has 0 heterocycles. The van der Waals surface area contributed by atoms with Crippen molar-refractivity contribution < 1.29 is 13.2 Å². The molecule has 1 fully saturated rings. The van der Waals surface area contributed by atoms with E-state index in [1.807, 2.05) is 32.0 Å². The normalized spacial score (nSPS) is 14.3. The Hall–Kier alpha value is -1.60. The number of carbonyl (C=O) groups is 1. The minimum atomic E-state index is -3.81. The Morgan fingerprint density at radius 1 is 1.00 bits per heavy atom. The van der Waals surface area contributed by atoms with Crippen LogP contribution in [-0.2, 0) is 10.0 Å². The summed E-state index contributed by atoms with van der Waals surface area (Å²) in [6, 6.07) is 8.05. The second-order valence-electron chi connectivity index (χ2n) is 6.49. The highest BCUT2D eigenvalue weighted by atomic mass is 35.5. The van der Waals surface area contributed by atoms with E-state index >= 15 is 0 Å². The molecule has 2 aromatic carbocycles. The molecule has 0 aromatic heterocycles. The van der Waals surface area contributed by atoms with Crippen LogP contribution in [0, 0.1) is 13.8 Å². The Labute approximate surface area is 162 Å². The third-order valence-corrected chi connectivity index (χ3v) is 6.23. The Morgan fingerprint density at radius 2 is 1.62 bits per heavy atom. The number of aryl methyl sites for hydroxylation is 2. The van der Waals surface area contributed by atoms with Gasteiger partial charge in [-0.1, -0.05) is 29.3 Å². The molecule has 1 amide bonds. The molecular formula is C18H18Cl2N2O3S. The smallest absolute Gasteiger partial charge is 0.257 e. The molecule has 26 heavy (non-hydrogen) atoms. The molecule has 8 heteroatoms. The van der Waals surface area contributed by atoms with Gasteiger partial charge in [-0.3, -0.25) is 4.79 Å². The molecule has 5 nitrogen and oxygen atoms in total. The summed E-state index contributed by atoms with van der Waals surface area (Å²) in [4.78, 5) is 12.5. The van der Waals surface area contributed by atoms with E-state index in [-0.39, 0.29) is 26.5 Å². The first-order valence-electron chi connectivity index (χ1n) is 8.07. The fourth-order valence-electron chi connectivity index (χ4n) is 2.64. The largest absolute Gasteiger partial charge is 0.322 e. The number of halogens is 2. The topological polar surface area (TPSA) is 75.3 Å². The SMILES string of the molecule is Cc1cc(C)cc(NC(=O)c2cc(S(=O)(=O)NC3CC3)c(Cl)cc2Cl)c1. The molecule has 138 valence electrons. The van der Waals surface area contributed by atoms with Crippen LogP contribution in [0.2, 0.25) is 10.0 Å². The van der Waals surface area contributed by atoms with Crippen LogP contribution in [0.1, 0.15) is 34.3 Å². The lowest BCUT2D eigenvalue weighted by Gasteiger charge is -2.12. The first-order chi connectivity index (χ1) is 12.2. The van der Waals surface area contributed by atoms with Gasteiger partial charge in [0, 0.05) is 11.7 Å². The predicted molar refractivity (Wildman–Crippen MR) is 104 cm³/mol. The molecule has 1 saturated carbocycles. The van der Waals surface area contributed by atoms with Gasteiger partial charge in [0.25, 0.3) is 5.91 Å². The summed E-state index contributed by atoms with van der Waals surface area (Å²) in [6.45, 7) is 3.85. The van der Waals surface area contributed by atoms with Gasteiger partial charge < -0.3 is 5.32 Å². The van der Waals surface area contributed by atoms with E-state index in [0.717, 1.165) is 24.0 Å². The van der Waals surface area contributed by atoms with Crippen LogP contribution >= 0.6 is 23.2 Å². The number of hydrogen-bond acceptors (Lipinski definition) is 3. The Bertz CT molecular complexity index is 966. The van der Waals surface area contributed by atoms with Crippen LogP contribution in [0.3, 0.4) is 0 Å². The van der Waals surface area contributed by atoms with Gasteiger partial charge in [0.15, 0.2) is 0 Å². The maximum atomic E-state index is 12.6. The second-order valence-corrected chi connectivity index (χ2v) is 8.99. The minimum absolute atomic E-state index is 0.0221. The van der Waals surface area contributed by atoms with Crippen molar-refractivity contribution >= 4 is 44.8 Å². The molecule has 3 rings (SSSR count). The predicted octanol–water partition coefficient (Wildman–Crippen LogP) is 4.30. The summed E-state index contributed by atoms with van der Waals surface area (Å²) < 4.78 is 27.5. The quantitative estimate of drug-likeness (QED) is 0.768. The lowest BCUT2D eigenvalue weighted by molar-refractivity contribution is 0.102. The number of amides is 1. The van der Waals surface area contributed by atoms with Crippen LogP contribution in [0.15, 0.2) is 35.2 Å². The van der Waals surface area contributed by atoms with Gasteiger partial charge in [0.1, 0.15) is 4.90 Å². The molecule has 0 bridgehead atoms. The molecule has 1 aliphatic carbocycles. The lowest BCUT2D eigenvalue weighted by Crippen LogP contribution is -2.26. The number of anilines is 1. The minimum Gasteiger partial charge on any atom is -0.322 e. The van der Waals surface area contributed by atoms with Crippen molar-refractivity contribution in [2.45, 2.75) is 37.6 Å². The Balaban J connectivity index is 1.93. The van der Waals surface area contributed by atoms with E-state index in [1.165, 1.54) is 12.1 Å². The van der Waals surface area contributed by atoms with E-state index in [1.54, 1.807) is 0 Å². The van der Waals surface area contributed by atoms with Gasteiger partial charge >= 0.3 is 0 Å². The summed E-state index contributed by atoms with van der Waals surface area (Å²) in [5, 5.41) is 2.81. The summed E-state index contributed by atoms with van der Waals surface area (Å²) in [5.74, 6) is -0.500. The zero-order valence-electron chi connectivity index (χ0n) is 14.3. The molecule has 0 aliphatic heterocycles. The molecule has 2 aromatic rings. The van der Waals surface area contributed by atoms with E-state index in [0.29, 0.717) is 5.69 Å². The van der Waals surface area contributed by atoms with Gasteiger partial charge in [0.05, 0.1) is 15.6 Å². The van der Waals surface area contributed by atoms with Crippen molar-refractivity contribution in [3.63, 3.8) is 0 Å². The fourth-order valence-corrected chi connectivity index (χ4v) is 4.80. The third kappa shape index (κ3) is 4.38. The van der Waals surface area contributed by atoms with Crippen LogP contribution in [0.25, 0.3) is 0 Å². The molecule has 0 radical (unpaired) electrons. The maximum Gasteiger partial charge on any atom is 0.257 e. The number of sulfonamides is 1. The molecular weight excluding hydrogens is 395 g/mol. The van der Waals surface area contributed by atoms with Gasteiger partial charge in [-0.05, 0) is 62.1 Å².